The third-order valence-corrected chi connectivity index (χ3v) is 1.30. The third-order valence-electron chi connectivity index (χ3n) is 0.432. The van der Waals surface area contributed by atoms with Gasteiger partial charge in [-0.25, -0.2) is 0 Å². The molecule has 0 aromatic rings. The molecule has 8 heavy (non-hydrogen) atoms. The van der Waals surface area contributed by atoms with E-state index in [1.54, 1.807) is 0 Å². The molecule has 0 aliphatic carbocycles. The molecule has 5 heteroatoms. The first-order valence-electron chi connectivity index (χ1n) is 1.86. The zero-order valence-electron chi connectivity index (χ0n) is 3.99. The minimum absolute atomic E-state index is 0.281. The molecule has 2 N–H and O–H groups in total. The van der Waals surface area contributed by atoms with Crippen molar-refractivity contribution in [3.8, 4) is 0 Å². The van der Waals surface area contributed by atoms with Crippen molar-refractivity contribution in [3.63, 3.8) is 0 Å². The lowest BCUT2D eigenvalue weighted by atomic mass is 10.8. The van der Waals surface area contributed by atoms with Gasteiger partial charge in [0.05, 0.1) is 6.16 Å². The summed E-state index contributed by atoms with van der Waals surface area (Å²) in [5.41, 5.74) is 1.08. The van der Waals surface area contributed by atoms with E-state index in [0.717, 1.165) is 5.54 Å². The lowest BCUT2D eigenvalue weighted by Gasteiger charge is -1.94. The number of rotatable bonds is 2. The first-order chi connectivity index (χ1) is 3.56. The molecule has 0 aromatic heterocycles. The average Bonchev–Trinajstić information content (AvgIpc) is 1.59. The largest absolute Gasteiger partial charge is 0.329 e. The van der Waals surface area contributed by atoms with E-state index < -0.39 is 7.60 Å². The fourth-order valence-electron chi connectivity index (χ4n) is 0.177. The van der Waals surface area contributed by atoms with E-state index in [0.29, 0.717) is 0 Å². The molecule has 0 aromatic carbocycles. The van der Waals surface area contributed by atoms with E-state index in [9.17, 15) is 4.57 Å². The van der Waals surface area contributed by atoms with Crippen molar-refractivity contribution >= 4 is 19.2 Å². The van der Waals surface area contributed by atoms with Gasteiger partial charge in [0.2, 0.25) is 0 Å². The molecule has 0 aliphatic heterocycles. The molecule has 3 nitrogen and oxygen atoms in total. The van der Waals surface area contributed by atoms with Crippen LogP contribution in [0.5, 0.6) is 0 Å². The van der Waals surface area contributed by atoms with Crippen LogP contribution in [0.3, 0.4) is 0 Å². The van der Waals surface area contributed by atoms with Gasteiger partial charge in [-0.1, -0.05) is 17.7 Å². The Labute approximate surface area is 52.1 Å². The standard InChI is InChI=1S/C3H6ClO3P/c4-2-1-3-8(5,6)7/h1-2H,3H2,(H2,5,6,7). The summed E-state index contributed by atoms with van der Waals surface area (Å²) < 4.78 is 9.97. The van der Waals surface area contributed by atoms with Crippen LogP contribution in [-0.4, -0.2) is 15.9 Å². The Morgan fingerprint density at radius 1 is 1.62 bits per heavy atom. The summed E-state index contributed by atoms with van der Waals surface area (Å²) >= 11 is 4.98. The average molecular weight is 157 g/mol. The van der Waals surface area contributed by atoms with Crippen molar-refractivity contribution in [1.82, 2.24) is 0 Å². The summed E-state index contributed by atoms with van der Waals surface area (Å²) in [6.45, 7) is 0. The first-order valence-corrected chi connectivity index (χ1v) is 4.09. The van der Waals surface area contributed by atoms with Crippen molar-refractivity contribution in [1.29, 1.82) is 0 Å². The van der Waals surface area contributed by atoms with E-state index in [1.165, 1.54) is 6.08 Å². The summed E-state index contributed by atoms with van der Waals surface area (Å²) in [5, 5.41) is 0. The second-order valence-electron chi connectivity index (χ2n) is 1.21. The molecule has 0 radical (unpaired) electrons. The van der Waals surface area contributed by atoms with Crippen LogP contribution in [0.4, 0.5) is 0 Å². The molecule has 0 amide bonds. The van der Waals surface area contributed by atoms with Gasteiger partial charge in [0.25, 0.3) is 0 Å². The predicted octanol–water partition coefficient (Wildman–Crippen LogP) is 0.917. The van der Waals surface area contributed by atoms with Crippen LogP contribution in [0.2, 0.25) is 0 Å². The van der Waals surface area contributed by atoms with Gasteiger partial charge in [0.1, 0.15) is 0 Å². The summed E-state index contributed by atoms with van der Waals surface area (Å²) in [4.78, 5) is 16.3. The molecule has 0 saturated carbocycles. The summed E-state index contributed by atoms with van der Waals surface area (Å²) in [6.07, 6.45) is 0.929. The molecule has 0 rings (SSSR count). The maximum Gasteiger partial charge on any atom is 0.329 e. The van der Waals surface area contributed by atoms with E-state index in [2.05, 4.69) is 0 Å². The molecule has 0 spiro atoms. The molecule has 0 heterocycles. The smallest absolute Gasteiger partial charge is 0.324 e. The zero-order chi connectivity index (χ0) is 6.62. The summed E-state index contributed by atoms with van der Waals surface area (Å²) in [7, 11) is -3.85. The Hall–Kier alpha value is 0.180. The molecule has 0 atom stereocenters. The predicted molar refractivity (Wildman–Crippen MR) is 31.9 cm³/mol. The highest BCUT2D eigenvalue weighted by Gasteiger charge is 2.07. The minimum atomic E-state index is -3.85. The fraction of sp³-hybridized carbons (Fsp3) is 0.333. The molecule has 0 unspecified atom stereocenters. The SMILES string of the molecule is O=P(O)(O)CC=CCl. The maximum absolute atomic E-state index is 9.97. The second-order valence-corrected chi connectivity index (χ2v) is 3.16. The minimum Gasteiger partial charge on any atom is -0.324 e. The van der Waals surface area contributed by atoms with Gasteiger partial charge >= 0.3 is 7.60 Å². The van der Waals surface area contributed by atoms with Gasteiger partial charge in [0.15, 0.2) is 0 Å². The molecule has 48 valence electrons. The van der Waals surface area contributed by atoms with Crippen molar-refractivity contribution in [2.75, 3.05) is 6.16 Å². The second kappa shape index (κ2) is 3.25. The first kappa shape index (κ1) is 8.18. The number of allylic oxidation sites excluding steroid dienone is 1. The quantitative estimate of drug-likeness (QED) is 0.585. The van der Waals surface area contributed by atoms with E-state index in [-0.39, 0.29) is 6.16 Å². The Kier molecular flexibility index (Phi) is 3.33. The van der Waals surface area contributed by atoms with Crippen LogP contribution in [0.25, 0.3) is 0 Å². The lowest BCUT2D eigenvalue weighted by molar-refractivity contribution is 0.377. The van der Waals surface area contributed by atoms with Gasteiger partial charge in [-0.15, -0.1) is 0 Å². The highest BCUT2D eigenvalue weighted by Crippen LogP contribution is 2.33. The Morgan fingerprint density at radius 2 is 2.12 bits per heavy atom. The van der Waals surface area contributed by atoms with Crippen molar-refractivity contribution < 1.29 is 14.4 Å². The van der Waals surface area contributed by atoms with Crippen LogP contribution in [0.1, 0.15) is 0 Å². The topological polar surface area (TPSA) is 57.5 Å². The number of hydrogen-bond donors (Lipinski definition) is 2. The van der Waals surface area contributed by atoms with E-state index in [1.807, 2.05) is 0 Å². The van der Waals surface area contributed by atoms with Crippen molar-refractivity contribution in [3.05, 3.63) is 11.6 Å². The normalized spacial score (nSPS) is 12.9. The molecule has 0 saturated heterocycles. The molecule has 0 aliphatic rings. The van der Waals surface area contributed by atoms with Gasteiger partial charge in [-0.3, -0.25) is 4.57 Å². The van der Waals surface area contributed by atoms with Gasteiger partial charge in [-0.05, 0) is 0 Å². The molecule has 0 fully saturated rings. The Bertz CT molecular complexity index is 126. The number of halogens is 1. The Balaban J connectivity index is 3.57. The fourth-order valence-corrected chi connectivity index (χ4v) is 0.771. The monoisotopic (exact) mass is 156 g/mol. The van der Waals surface area contributed by atoms with Crippen LogP contribution in [0, 0.1) is 0 Å². The zero-order valence-corrected chi connectivity index (χ0v) is 5.64. The molecular formula is C3H6ClO3P. The summed E-state index contributed by atoms with van der Waals surface area (Å²) in [6, 6.07) is 0. The third kappa shape index (κ3) is 6.18. The lowest BCUT2D eigenvalue weighted by Crippen LogP contribution is -1.79. The number of hydrogen-bond acceptors (Lipinski definition) is 1. The Morgan fingerprint density at radius 3 is 2.25 bits per heavy atom. The highest BCUT2D eigenvalue weighted by molar-refractivity contribution is 7.51. The van der Waals surface area contributed by atoms with Crippen molar-refractivity contribution in [2.45, 2.75) is 0 Å². The molecular weight excluding hydrogens is 150 g/mol. The van der Waals surface area contributed by atoms with Crippen molar-refractivity contribution in [2.24, 2.45) is 0 Å². The van der Waals surface area contributed by atoms with Crippen LogP contribution < -0.4 is 0 Å². The van der Waals surface area contributed by atoms with Gasteiger partial charge in [0, 0.05) is 5.54 Å². The van der Waals surface area contributed by atoms with Crippen LogP contribution in [-0.2, 0) is 4.57 Å². The van der Waals surface area contributed by atoms with Crippen LogP contribution >= 0.6 is 19.2 Å². The van der Waals surface area contributed by atoms with Crippen LogP contribution in [0.15, 0.2) is 11.6 Å². The van der Waals surface area contributed by atoms with E-state index >= 15 is 0 Å². The summed E-state index contributed by atoms with van der Waals surface area (Å²) in [5.74, 6) is 0. The van der Waals surface area contributed by atoms with Gasteiger partial charge in [-0.2, -0.15) is 0 Å². The maximum atomic E-state index is 9.97. The van der Waals surface area contributed by atoms with Gasteiger partial charge < -0.3 is 9.79 Å². The molecule has 0 bridgehead atoms. The van der Waals surface area contributed by atoms with E-state index in [4.69, 9.17) is 21.4 Å². The highest BCUT2D eigenvalue weighted by atomic mass is 35.5.